The van der Waals surface area contributed by atoms with E-state index in [4.69, 9.17) is 0 Å². The molecule has 3 fully saturated rings. The van der Waals surface area contributed by atoms with Crippen LogP contribution in [0.15, 0.2) is 0 Å². The number of rotatable bonds is 0. The maximum atomic E-state index is 9.74. The fourth-order valence-corrected chi connectivity index (χ4v) is 2.83. The highest BCUT2D eigenvalue weighted by molar-refractivity contribution is 5.09. The first kappa shape index (κ1) is 6.40. The molecule has 0 aromatic heterocycles. The summed E-state index contributed by atoms with van der Waals surface area (Å²) in [7, 11) is 0. The molecule has 0 amide bonds. The molecule has 2 bridgehead atoms. The van der Waals surface area contributed by atoms with Gasteiger partial charge in [0, 0.05) is 37.0 Å². The van der Waals surface area contributed by atoms with E-state index in [-0.39, 0.29) is 6.10 Å². The number of aliphatic hydroxyl groups is 1. The molecular formula is C8H14N2O. The highest BCUT2D eigenvalue weighted by atomic mass is 16.3. The lowest BCUT2D eigenvalue weighted by atomic mass is 9.72. The molecule has 1 aliphatic carbocycles. The Morgan fingerprint density at radius 2 is 2.09 bits per heavy atom. The molecule has 0 spiro atoms. The monoisotopic (exact) mass is 154 g/mol. The first-order valence-corrected chi connectivity index (χ1v) is 4.51. The van der Waals surface area contributed by atoms with Crippen molar-refractivity contribution in [3.05, 3.63) is 0 Å². The highest BCUT2D eigenvalue weighted by Gasteiger charge is 2.51. The molecule has 5 atom stereocenters. The minimum absolute atomic E-state index is 0.0571. The van der Waals surface area contributed by atoms with Gasteiger partial charge in [0.2, 0.25) is 0 Å². The number of nitrogens with one attached hydrogen (secondary N) is 2. The second-order valence-electron chi connectivity index (χ2n) is 4.10. The standard InChI is InChI=1S/C8H14N2O/c11-8-4-1-6-5(3-9-6)7(8)10-2-4/h4-11H,1-3H2. The van der Waals surface area contributed by atoms with Crippen molar-refractivity contribution in [2.45, 2.75) is 24.6 Å². The minimum Gasteiger partial charge on any atom is -0.391 e. The van der Waals surface area contributed by atoms with Gasteiger partial charge < -0.3 is 15.7 Å². The maximum Gasteiger partial charge on any atom is 0.0737 e. The van der Waals surface area contributed by atoms with Crippen LogP contribution in [0.2, 0.25) is 0 Å². The Kier molecular flexibility index (Phi) is 1.15. The molecule has 2 aliphatic heterocycles. The molecule has 0 radical (unpaired) electrons. The normalized spacial score (nSPS) is 60.3. The van der Waals surface area contributed by atoms with Crippen molar-refractivity contribution in [3.8, 4) is 0 Å². The molecule has 62 valence electrons. The molecular weight excluding hydrogens is 140 g/mol. The van der Waals surface area contributed by atoms with Crippen LogP contribution in [0, 0.1) is 11.8 Å². The number of hydrogen-bond acceptors (Lipinski definition) is 3. The highest BCUT2D eigenvalue weighted by Crippen LogP contribution is 2.37. The van der Waals surface area contributed by atoms with Gasteiger partial charge in [-0.1, -0.05) is 0 Å². The van der Waals surface area contributed by atoms with E-state index in [0.717, 1.165) is 13.1 Å². The van der Waals surface area contributed by atoms with E-state index in [0.29, 0.717) is 23.9 Å². The predicted octanol–water partition coefficient (Wildman–Crippen LogP) is -1.07. The summed E-state index contributed by atoms with van der Waals surface area (Å²) in [5, 5.41) is 16.6. The van der Waals surface area contributed by atoms with Gasteiger partial charge in [-0.15, -0.1) is 0 Å². The van der Waals surface area contributed by atoms with Crippen LogP contribution in [0.1, 0.15) is 6.42 Å². The second-order valence-corrected chi connectivity index (χ2v) is 4.10. The third kappa shape index (κ3) is 0.687. The summed E-state index contributed by atoms with van der Waals surface area (Å²) in [6, 6.07) is 1.11. The average Bonchev–Trinajstić information content (AvgIpc) is 2.20. The van der Waals surface area contributed by atoms with E-state index >= 15 is 0 Å². The largest absolute Gasteiger partial charge is 0.391 e. The Balaban J connectivity index is 1.88. The zero-order valence-electron chi connectivity index (χ0n) is 6.46. The van der Waals surface area contributed by atoms with Crippen LogP contribution in [0.25, 0.3) is 0 Å². The van der Waals surface area contributed by atoms with Gasteiger partial charge in [-0.2, -0.15) is 0 Å². The summed E-state index contributed by atoms with van der Waals surface area (Å²) in [6.45, 7) is 2.13. The predicted molar refractivity (Wildman–Crippen MR) is 41.2 cm³/mol. The van der Waals surface area contributed by atoms with Gasteiger partial charge in [-0.05, 0) is 6.42 Å². The van der Waals surface area contributed by atoms with E-state index in [1.165, 1.54) is 6.42 Å². The molecule has 3 aliphatic rings. The molecule has 1 saturated carbocycles. The molecule has 2 heterocycles. The lowest BCUT2D eigenvalue weighted by molar-refractivity contribution is 0.00964. The molecule has 2 saturated heterocycles. The van der Waals surface area contributed by atoms with E-state index < -0.39 is 0 Å². The van der Waals surface area contributed by atoms with Crippen LogP contribution in [0.4, 0.5) is 0 Å². The van der Waals surface area contributed by atoms with Crippen LogP contribution in [-0.2, 0) is 0 Å². The third-order valence-corrected chi connectivity index (χ3v) is 3.62. The lowest BCUT2D eigenvalue weighted by Gasteiger charge is -2.47. The summed E-state index contributed by atoms with van der Waals surface area (Å²) in [6.07, 6.45) is 1.12. The first-order valence-electron chi connectivity index (χ1n) is 4.51. The second kappa shape index (κ2) is 1.97. The molecule has 3 rings (SSSR count). The summed E-state index contributed by atoms with van der Waals surface area (Å²) in [5.74, 6) is 1.23. The van der Waals surface area contributed by atoms with Gasteiger partial charge in [0.1, 0.15) is 0 Å². The van der Waals surface area contributed by atoms with E-state index in [2.05, 4.69) is 10.6 Å². The topological polar surface area (TPSA) is 44.3 Å². The van der Waals surface area contributed by atoms with E-state index in [1.54, 1.807) is 0 Å². The van der Waals surface area contributed by atoms with Gasteiger partial charge in [-0.3, -0.25) is 0 Å². The van der Waals surface area contributed by atoms with Crippen molar-refractivity contribution >= 4 is 0 Å². The fourth-order valence-electron chi connectivity index (χ4n) is 2.83. The third-order valence-electron chi connectivity index (χ3n) is 3.62. The first-order chi connectivity index (χ1) is 5.36. The maximum absolute atomic E-state index is 9.74. The van der Waals surface area contributed by atoms with Crippen LogP contribution in [0.5, 0.6) is 0 Å². The minimum atomic E-state index is -0.0571. The van der Waals surface area contributed by atoms with Crippen molar-refractivity contribution in [1.29, 1.82) is 0 Å². The lowest BCUT2D eigenvalue weighted by Crippen LogP contribution is -2.64. The zero-order valence-corrected chi connectivity index (χ0v) is 6.46. The molecule has 3 N–H and O–H groups in total. The number of hydrogen-bond donors (Lipinski definition) is 3. The van der Waals surface area contributed by atoms with Crippen molar-refractivity contribution in [3.63, 3.8) is 0 Å². The molecule has 0 aromatic carbocycles. The zero-order chi connectivity index (χ0) is 7.42. The Morgan fingerprint density at radius 1 is 1.18 bits per heavy atom. The Labute approximate surface area is 66.2 Å². The summed E-state index contributed by atoms with van der Waals surface area (Å²) < 4.78 is 0. The summed E-state index contributed by atoms with van der Waals surface area (Å²) in [5.41, 5.74) is 0. The van der Waals surface area contributed by atoms with Gasteiger partial charge in [0.05, 0.1) is 6.10 Å². The van der Waals surface area contributed by atoms with Crippen molar-refractivity contribution < 1.29 is 5.11 Å². The Morgan fingerprint density at radius 3 is 2.82 bits per heavy atom. The quantitative estimate of drug-likeness (QED) is 0.416. The van der Waals surface area contributed by atoms with Gasteiger partial charge in [-0.25, -0.2) is 0 Å². The van der Waals surface area contributed by atoms with Gasteiger partial charge >= 0.3 is 0 Å². The smallest absolute Gasteiger partial charge is 0.0737 e. The SMILES string of the molecule is OC1C2CNC1C1CNC1C2. The summed E-state index contributed by atoms with van der Waals surface area (Å²) in [4.78, 5) is 0. The Hall–Kier alpha value is -0.120. The molecule has 5 unspecified atom stereocenters. The molecule has 11 heavy (non-hydrogen) atoms. The van der Waals surface area contributed by atoms with Crippen LogP contribution >= 0.6 is 0 Å². The van der Waals surface area contributed by atoms with Crippen LogP contribution in [0.3, 0.4) is 0 Å². The van der Waals surface area contributed by atoms with Crippen molar-refractivity contribution in [1.82, 2.24) is 10.6 Å². The number of aliphatic hydroxyl groups excluding tert-OH is 1. The molecule has 3 heteroatoms. The van der Waals surface area contributed by atoms with Crippen LogP contribution < -0.4 is 10.6 Å². The number of fused-ring (bicyclic) bond motifs is 4. The van der Waals surface area contributed by atoms with Crippen molar-refractivity contribution in [2.75, 3.05) is 13.1 Å². The average molecular weight is 154 g/mol. The Bertz CT molecular complexity index is 185. The fraction of sp³-hybridized carbons (Fsp3) is 1.00. The molecule has 3 nitrogen and oxygen atoms in total. The molecule has 0 aromatic rings. The van der Waals surface area contributed by atoms with Gasteiger partial charge in [0.25, 0.3) is 0 Å². The van der Waals surface area contributed by atoms with Crippen molar-refractivity contribution in [2.24, 2.45) is 11.8 Å². The van der Waals surface area contributed by atoms with E-state index in [9.17, 15) is 5.11 Å². The summed E-state index contributed by atoms with van der Waals surface area (Å²) >= 11 is 0. The van der Waals surface area contributed by atoms with Crippen LogP contribution in [-0.4, -0.2) is 36.4 Å². The van der Waals surface area contributed by atoms with E-state index in [1.807, 2.05) is 0 Å². The van der Waals surface area contributed by atoms with Gasteiger partial charge in [0.15, 0.2) is 0 Å².